The van der Waals surface area contributed by atoms with Crippen molar-refractivity contribution < 1.29 is 0 Å². The molecule has 0 bridgehead atoms. The van der Waals surface area contributed by atoms with Gasteiger partial charge in [0.05, 0.1) is 3.79 Å². The van der Waals surface area contributed by atoms with E-state index in [0.717, 1.165) is 12.6 Å². The first-order valence-electron chi connectivity index (χ1n) is 5.90. The van der Waals surface area contributed by atoms with Crippen LogP contribution in [0.1, 0.15) is 24.1 Å². The van der Waals surface area contributed by atoms with E-state index in [-0.39, 0.29) is 0 Å². The van der Waals surface area contributed by atoms with Gasteiger partial charge < -0.3 is 10.2 Å². The number of hydrogen-bond donors (Lipinski definition) is 1. The zero-order valence-corrected chi connectivity index (χ0v) is 12.1. The van der Waals surface area contributed by atoms with Gasteiger partial charge in [-0.1, -0.05) is 0 Å². The Hall–Kier alpha value is 0.1000. The summed E-state index contributed by atoms with van der Waals surface area (Å²) in [5, 5.41) is 3.55. The Bertz CT molecular complexity index is 321. The lowest BCUT2D eigenvalue weighted by Gasteiger charge is -2.18. The smallest absolute Gasteiger partial charge is 0.0701 e. The molecule has 1 aromatic heterocycles. The molecule has 1 unspecified atom stereocenters. The van der Waals surface area contributed by atoms with E-state index in [1.807, 2.05) is 11.3 Å². The lowest BCUT2D eigenvalue weighted by atomic mass is 10.1. The molecule has 2 nitrogen and oxygen atoms in total. The number of rotatable bonds is 5. The van der Waals surface area contributed by atoms with Crippen LogP contribution in [-0.2, 0) is 6.54 Å². The second-order valence-corrected chi connectivity index (χ2v) is 7.07. The van der Waals surface area contributed by atoms with Crippen LogP contribution in [0.3, 0.4) is 0 Å². The van der Waals surface area contributed by atoms with E-state index in [2.05, 4.69) is 45.3 Å². The molecule has 0 aliphatic carbocycles. The third kappa shape index (κ3) is 3.84. The van der Waals surface area contributed by atoms with Crippen molar-refractivity contribution in [1.82, 2.24) is 10.2 Å². The van der Waals surface area contributed by atoms with Crippen molar-refractivity contribution in [2.45, 2.75) is 31.8 Å². The zero-order chi connectivity index (χ0) is 11.4. The number of nitrogens with one attached hydrogen (secondary N) is 1. The quantitative estimate of drug-likeness (QED) is 0.899. The molecule has 4 heteroatoms. The average Bonchev–Trinajstić information content (AvgIpc) is 2.87. The molecule has 0 spiro atoms. The van der Waals surface area contributed by atoms with Gasteiger partial charge in [-0.05, 0) is 67.5 Å². The van der Waals surface area contributed by atoms with Gasteiger partial charge in [0, 0.05) is 17.5 Å². The standard InChI is InChI=1S/C12H19BrN2S/c1-15(8-6-10-3-2-7-14-10)9-11-4-5-12(13)16-11/h4-5,10,14H,2-3,6-9H2,1H3. The van der Waals surface area contributed by atoms with E-state index in [1.165, 1.54) is 41.0 Å². The lowest BCUT2D eigenvalue weighted by molar-refractivity contribution is 0.308. The monoisotopic (exact) mass is 302 g/mol. The van der Waals surface area contributed by atoms with Gasteiger partial charge in [0.25, 0.3) is 0 Å². The number of thiophene rings is 1. The van der Waals surface area contributed by atoms with Crippen LogP contribution < -0.4 is 5.32 Å². The predicted octanol–water partition coefficient (Wildman–Crippen LogP) is 3.08. The molecule has 1 saturated heterocycles. The molecule has 1 aliphatic rings. The SMILES string of the molecule is CN(CCC1CCCN1)Cc1ccc(Br)s1. The van der Waals surface area contributed by atoms with Gasteiger partial charge in [-0.15, -0.1) is 11.3 Å². The van der Waals surface area contributed by atoms with Crippen molar-refractivity contribution in [2.24, 2.45) is 0 Å². The highest BCUT2D eigenvalue weighted by Crippen LogP contribution is 2.23. The molecule has 90 valence electrons. The average molecular weight is 303 g/mol. The molecule has 1 N–H and O–H groups in total. The summed E-state index contributed by atoms with van der Waals surface area (Å²) in [6, 6.07) is 5.10. The molecule has 1 atom stereocenters. The number of nitrogens with zero attached hydrogens (tertiary/aromatic N) is 1. The molecule has 1 aliphatic heterocycles. The van der Waals surface area contributed by atoms with Gasteiger partial charge in [-0.2, -0.15) is 0 Å². The number of halogens is 1. The highest BCUT2D eigenvalue weighted by molar-refractivity contribution is 9.11. The first kappa shape index (κ1) is 12.6. The largest absolute Gasteiger partial charge is 0.314 e. The Labute approximate surface area is 110 Å². The Balaban J connectivity index is 1.69. The molecule has 2 heterocycles. The first-order chi connectivity index (χ1) is 7.74. The summed E-state index contributed by atoms with van der Waals surface area (Å²) in [6.07, 6.45) is 3.99. The van der Waals surface area contributed by atoms with Crippen LogP contribution in [-0.4, -0.2) is 31.1 Å². The van der Waals surface area contributed by atoms with E-state index in [9.17, 15) is 0 Å². The van der Waals surface area contributed by atoms with Gasteiger partial charge >= 0.3 is 0 Å². The van der Waals surface area contributed by atoms with E-state index < -0.39 is 0 Å². The molecule has 0 amide bonds. The van der Waals surface area contributed by atoms with Crippen LogP contribution in [0.5, 0.6) is 0 Å². The van der Waals surface area contributed by atoms with Crippen LogP contribution in [0, 0.1) is 0 Å². The minimum Gasteiger partial charge on any atom is -0.314 e. The minimum atomic E-state index is 0.762. The van der Waals surface area contributed by atoms with Gasteiger partial charge in [0.1, 0.15) is 0 Å². The molecule has 16 heavy (non-hydrogen) atoms. The topological polar surface area (TPSA) is 15.3 Å². The van der Waals surface area contributed by atoms with Crippen LogP contribution in [0.25, 0.3) is 0 Å². The van der Waals surface area contributed by atoms with Gasteiger partial charge in [-0.25, -0.2) is 0 Å². The highest BCUT2D eigenvalue weighted by Gasteiger charge is 2.14. The molecular weight excluding hydrogens is 284 g/mol. The summed E-state index contributed by atoms with van der Waals surface area (Å²) in [6.45, 7) is 3.47. The van der Waals surface area contributed by atoms with E-state index in [1.54, 1.807) is 0 Å². The Morgan fingerprint density at radius 1 is 1.56 bits per heavy atom. The number of hydrogen-bond acceptors (Lipinski definition) is 3. The van der Waals surface area contributed by atoms with E-state index in [4.69, 9.17) is 0 Å². The predicted molar refractivity (Wildman–Crippen MR) is 74.0 cm³/mol. The Morgan fingerprint density at radius 2 is 2.44 bits per heavy atom. The van der Waals surface area contributed by atoms with Crippen LogP contribution >= 0.6 is 27.3 Å². The lowest BCUT2D eigenvalue weighted by Crippen LogP contribution is -2.28. The van der Waals surface area contributed by atoms with Gasteiger partial charge in [0.2, 0.25) is 0 Å². The van der Waals surface area contributed by atoms with Gasteiger partial charge in [-0.3, -0.25) is 0 Å². The fraction of sp³-hybridized carbons (Fsp3) is 0.667. The van der Waals surface area contributed by atoms with Crippen LogP contribution in [0.4, 0.5) is 0 Å². The molecule has 0 radical (unpaired) electrons. The second kappa shape index (κ2) is 6.15. The molecular formula is C12H19BrN2S. The van der Waals surface area contributed by atoms with Crippen molar-refractivity contribution in [1.29, 1.82) is 0 Å². The molecule has 1 aromatic rings. The van der Waals surface area contributed by atoms with Gasteiger partial charge in [0.15, 0.2) is 0 Å². The Kier molecular flexibility index (Phi) is 4.82. The highest BCUT2D eigenvalue weighted by atomic mass is 79.9. The third-order valence-electron chi connectivity index (χ3n) is 3.08. The van der Waals surface area contributed by atoms with E-state index in [0.29, 0.717) is 0 Å². The van der Waals surface area contributed by atoms with Crippen LogP contribution in [0.2, 0.25) is 0 Å². The van der Waals surface area contributed by atoms with Crippen molar-refractivity contribution in [3.63, 3.8) is 0 Å². The Morgan fingerprint density at radius 3 is 3.06 bits per heavy atom. The second-order valence-electron chi connectivity index (χ2n) is 4.53. The van der Waals surface area contributed by atoms with Crippen molar-refractivity contribution in [3.8, 4) is 0 Å². The van der Waals surface area contributed by atoms with Crippen molar-refractivity contribution >= 4 is 27.3 Å². The summed E-state index contributed by atoms with van der Waals surface area (Å²) in [5.74, 6) is 0. The van der Waals surface area contributed by atoms with Crippen molar-refractivity contribution in [2.75, 3.05) is 20.1 Å². The fourth-order valence-electron chi connectivity index (χ4n) is 2.16. The molecule has 1 fully saturated rings. The summed E-state index contributed by atoms with van der Waals surface area (Å²) < 4.78 is 1.23. The maximum Gasteiger partial charge on any atom is 0.0701 e. The molecule has 0 saturated carbocycles. The van der Waals surface area contributed by atoms with Crippen LogP contribution in [0.15, 0.2) is 15.9 Å². The minimum absolute atomic E-state index is 0.762. The first-order valence-corrected chi connectivity index (χ1v) is 7.51. The maximum absolute atomic E-state index is 3.55. The summed E-state index contributed by atoms with van der Waals surface area (Å²) in [7, 11) is 2.21. The summed E-state index contributed by atoms with van der Waals surface area (Å²) in [5.41, 5.74) is 0. The summed E-state index contributed by atoms with van der Waals surface area (Å²) >= 11 is 5.34. The molecule has 2 rings (SSSR count). The molecule has 0 aromatic carbocycles. The maximum atomic E-state index is 3.55. The third-order valence-corrected chi connectivity index (χ3v) is 4.68. The van der Waals surface area contributed by atoms with Crippen molar-refractivity contribution in [3.05, 3.63) is 20.8 Å². The normalized spacial score (nSPS) is 20.8. The fourth-order valence-corrected chi connectivity index (χ4v) is 3.72. The summed E-state index contributed by atoms with van der Waals surface area (Å²) in [4.78, 5) is 3.85. The van der Waals surface area contributed by atoms with E-state index >= 15 is 0 Å². The zero-order valence-electron chi connectivity index (χ0n) is 9.71.